The van der Waals surface area contributed by atoms with Gasteiger partial charge in [-0.3, -0.25) is 4.79 Å². The van der Waals surface area contributed by atoms with E-state index in [9.17, 15) is 9.90 Å². The summed E-state index contributed by atoms with van der Waals surface area (Å²) in [6.45, 7) is 4.62. The van der Waals surface area contributed by atoms with Crippen molar-refractivity contribution in [2.45, 2.75) is 25.6 Å². The van der Waals surface area contributed by atoms with Gasteiger partial charge in [0, 0.05) is 12.1 Å². The zero-order chi connectivity index (χ0) is 12.8. The fraction of sp³-hybridized carbons (Fsp3) is 0.462. The molecule has 0 aliphatic heterocycles. The van der Waals surface area contributed by atoms with Gasteiger partial charge in [-0.25, -0.2) is 0 Å². The molecular weight excluding hydrogens is 238 g/mol. The minimum absolute atomic E-state index is 0.0590. The second kappa shape index (κ2) is 6.50. The number of halogens is 1. The minimum atomic E-state index is -0.213. The Morgan fingerprint density at radius 2 is 2.18 bits per heavy atom. The Balaban J connectivity index is 2.45. The Labute approximate surface area is 107 Å². The largest absolute Gasteiger partial charge is 0.508 e. The van der Waals surface area contributed by atoms with E-state index in [0.29, 0.717) is 18.0 Å². The van der Waals surface area contributed by atoms with E-state index in [4.69, 9.17) is 11.6 Å². The number of aromatic hydroxyl groups is 1. The van der Waals surface area contributed by atoms with Gasteiger partial charge in [0.2, 0.25) is 0 Å². The molecule has 1 aromatic carbocycles. The van der Waals surface area contributed by atoms with Gasteiger partial charge in [-0.1, -0.05) is 19.9 Å². The van der Waals surface area contributed by atoms with Crippen LogP contribution in [0.5, 0.6) is 5.75 Å². The number of benzene rings is 1. The third-order valence-electron chi connectivity index (χ3n) is 2.32. The molecular formula is C13H18ClNO2. The molecule has 1 amide bonds. The number of hydrogen-bond donors (Lipinski definition) is 2. The number of carbonyl (C=O) groups excluding carboxylic acids is 1. The fourth-order valence-corrected chi connectivity index (χ4v) is 1.98. The van der Waals surface area contributed by atoms with Crippen LogP contribution < -0.4 is 5.32 Å². The van der Waals surface area contributed by atoms with Gasteiger partial charge in [-0.05, 0) is 30.5 Å². The van der Waals surface area contributed by atoms with Crippen molar-refractivity contribution in [1.29, 1.82) is 0 Å². The van der Waals surface area contributed by atoms with Crippen LogP contribution in [-0.4, -0.2) is 22.9 Å². The van der Waals surface area contributed by atoms with Crippen molar-refractivity contribution >= 4 is 17.5 Å². The number of nitrogens with one attached hydrogen (secondary N) is 1. The first-order valence-electron chi connectivity index (χ1n) is 5.70. The fourth-order valence-electron chi connectivity index (χ4n) is 1.55. The van der Waals surface area contributed by atoms with E-state index in [0.717, 1.165) is 6.42 Å². The predicted molar refractivity (Wildman–Crippen MR) is 69.5 cm³/mol. The highest BCUT2D eigenvalue weighted by Crippen LogP contribution is 2.12. The molecule has 4 heteroatoms. The van der Waals surface area contributed by atoms with Crippen LogP contribution in [0.15, 0.2) is 24.3 Å². The summed E-state index contributed by atoms with van der Waals surface area (Å²) in [6, 6.07) is 6.25. The lowest BCUT2D eigenvalue weighted by Gasteiger charge is -2.13. The van der Waals surface area contributed by atoms with Crippen LogP contribution >= 0.6 is 11.6 Å². The highest BCUT2D eigenvalue weighted by Gasteiger charge is 2.10. The molecule has 94 valence electrons. The maximum atomic E-state index is 11.7. The number of phenolic OH excluding ortho intramolecular Hbond substituents is 1. The molecule has 0 fully saturated rings. The highest BCUT2D eigenvalue weighted by molar-refractivity contribution is 6.20. The van der Waals surface area contributed by atoms with Crippen molar-refractivity contribution in [3.8, 4) is 5.75 Å². The van der Waals surface area contributed by atoms with Crippen molar-refractivity contribution in [3.63, 3.8) is 0 Å². The first-order valence-corrected chi connectivity index (χ1v) is 6.14. The van der Waals surface area contributed by atoms with E-state index in [1.807, 2.05) is 0 Å². The summed E-state index contributed by atoms with van der Waals surface area (Å²) in [6.07, 6.45) is 0.863. The summed E-state index contributed by atoms with van der Waals surface area (Å²) in [7, 11) is 0. The molecule has 0 bridgehead atoms. The van der Waals surface area contributed by atoms with Crippen molar-refractivity contribution in [3.05, 3.63) is 29.8 Å². The second-order valence-corrected chi connectivity index (χ2v) is 5.10. The van der Waals surface area contributed by atoms with Crippen LogP contribution in [0.25, 0.3) is 0 Å². The molecule has 0 saturated carbocycles. The number of carbonyl (C=O) groups is 1. The lowest BCUT2D eigenvalue weighted by atomic mass is 10.1. The molecule has 0 heterocycles. The first kappa shape index (κ1) is 13.8. The third-order valence-corrected chi connectivity index (χ3v) is 2.65. The van der Waals surface area contributed by atoms with Gasteiger partial charge in [-0.2, -0.15) is 0 Å². The van der Waals surface area contributed by atoms with Gasteiger partial charge in [0.1, 0.15) is 5.75 Å². The van der Waals surface area contributed by atoms with E-state index in [2.05, 4.69) is 19.2 Å². The zero-order valence-electron chi connectivity index (χ0n) is 10.1. The van der Waals surface area contributed by atoms with Crippen LogP contribution in [-0.2, 0) is 0 Å². The summed E-state index contributed by atoms with van der Waals surface area (Å²) in [4.78, 5) is 11.7. The third kappa shape index (κ3) is 5.09. The molecule has 0 aliphatic rings. The molecule has 0 radical (unpaired) electrons. The van der Waals surface area contributed by atoms with E-state index < -0.39 is 0 Å². The first-order chi connectivity index (χ1) is 7.99. The SMILES string of the molecule is CC(C)CC(Cl)CNC(=O)c1cccc(O)c1. The van der Waals surface area contributed by atoms with Gasteiger partial charge >= 0.3 is 0 Å². The van der Waals surface area contributed by atoms with Crippen LogP contribution in [0.3, 0.4) is 0 Å². The minimum Gasteiger partial charge on any atom is -0.508 e. The van der Waals surface area contributed by atoms with Gasteiger partial charge in [-0.15, -0.1) is 11.6 Å². The summed E-state index contributed by atoms with van der Waals surface area (Å²) in [5, 5.41) is 11.9. The van der Waals surface area contributed by atoms with Gasteiger partial charge < -0.3 is 10.4 Å². The molecule has 0 aromatic heterocycles. The Kier molecular flexibility index (Phi) is 5.29. The maximum absolute atomic E-state index is 11.7. The van der Waals surface area contributed by atoms with E-state index in [1.165, 1.54) is 12.1 Å². The Morgan fingerprint density at radius 1 is 1.47 bits per heavy atom. The van der Waals surface area contributed by atoms with Crippen LogP contribution in [0, 0.1) is 5.92 Å². The highest BCUT2D eigenvalue weighted by atomic mass is 35.5. The molecule has 3 nitrogen and oxygen atoms in total. The number of rotatable bonds is 5. The predicted octanol–water partition coefficient (Wildman–Crippen LogP) is 2.78. The standard InChI is InChI=1S/C13H18ClNO2/c1-9(2)6-11(14)8-15-13(17)10-4-3-5-12(16)7-10/h3-5,7,9,11,16H,6,8H2,1-2H3,(H,15,17). The Bertz CT molecular complexity index is 379. The molecule has 1 rings (SSSR count). The van der Waals surface area contributed by atoms with E-state index >= 15 is 0 Å². The summed E-state index contributed by atoms with van der Waals surface area (Å²) >= 11 is 6.07. The van der Waals surface area contributed by atoms with Crippen LogP contribution in [0.1, 0.15) is 30.6 Å². The molecule has 2 N–H and O–H groups in total. The van der Waals surface area contributed by atoms with E-state index in [-0.39, 0.29) is 17.0 Å². The molecule has 0 aliphatic carbocycles. The number of hydrogen-bond acceptors (Lipinski definition) is 2. The van der Waals surface area contributed by atoms with Gasteiger partial charge in [0.25, 0.3) is 5.91 Å². The van der Waals surface area contributed by atoms with Crippen molar-refractivity contribution < 1.29 is 9.90 Å². The van der Waals surface area contributed by atoms with Gasteiger partial charge in [0.05, 0.1) is 5.38 Å². The van der Waals surface area contributed by atoms with Crippen molar-refractivity contribution in [2.75, 3.05) is 6.54 Å². The molecule has 17 heavy (non-hydrogen) atoms. The van der Waals surface area contributed by atoms with Crippen LogP contribution in [0.4, 0.5) is 0 Å². The smallest absolute Gasteiger partial charge is 0.251 e. The number of amides is 1. The summed E-state index contributed by atoms with van der Waals surface area (Å²) in [5.41, 5.74) is 0.443. The Morgan fingerprint density at radius 3 is 2.76 bits per heavy atom. The second-order valence-electron chi connectivity index (χ2n) is 4.49. The van der Waals surface area contributed by atoms with Crippen molar-refractivity contribution in [2.24, 2.45) is 5.92 Å². The van der Waals surface area contributed by atoms with Crippen LogP contribution in [0.2, 0.25) is 0 Å². The number of phenols is 1. The molecule has 1 atom stereocenters. The molecule has 0 saturated heterocycles. The molecule has 0 spiro atoms. The quantitative estimate of drug-likeness (QED) is 0.795. The average Bonchev–Trinajstić information content (AvgIpc) is 2.25. The average molecular weight is 256 g/mol. The summed E-state index contributed by atoms with van der Waals surface area (Å²) < 4.78 is 0. The van der Waals surface area contributed by atoms with E-state index in [1.54, 1.807) is 12.1 Å². The topological polar surface area (TPSA) is 49.3 Å². The molecule has 1 unspecified atom stereocenters. The Hall–Kier alpha value is -1.22. The summed E-state index contributed by atoms with van der Waals surface area (Å²) in [5.74, 6) is 0.382. The maximum Gasteiger partial charge on any atom is 0.251 e. The normalized spacial score (nSPS) is 12.5. The monoisotopic (exact) mass is 255 g/mol. The number of alkyl halides is 1. The zero-order valence-corrected chi connectivity index (χ0v) is 10.9. The van der Waals surface area contributed by atoms with Crippen molar-refractivity contribution in [1.82, 2.24) is 5.32 Å². The lowest BCUT2D eigenvalue weighted by Crippen LogP contribution is -2.30. The molecule has 1 aromatic rings. The lowest BCUT2D eigenvalue weighted by molar-refractivity contribution is 0.0952. The van der Waals surface area contributed by atoms with Gasteiger partial charge in [0.15, 0.2) is 0 Å².